The van der Waals surface area contributed by atoms with Crippen molar-refractivity contribution in [3.63, 3.8) is 0 Å². The Kier molecular flexibility index (Phi) is 9.39. The number of rotatable bonds is 14. The molecule has 224 valence electrons. The van der Waals surface area contributed by atoms with Crippen molar-refractivity contribution in [2.75, 3.05) is 13.2 Å². The third kappa shape index (κ3) is 6.48. The fourth-order valence-corrected chi connectivity index (χ4v) is 3.88. The van der Waals surface area contributed by atoms with Gasteiger partial charge in [0.05, 0.1) is 31.7 Å². The standard InChI is InChI=1S/C28H27F8NO4/c1-4-18-8-10-20(21(5-2)37-18)23-15-17-7-9-19(16-22(17)41-23)39-13-11-25(29,30)27(33,34)28(35,36)26(31,32)12-14-40-24(38)6-3/h6-10,15-16H,3-5,11-14H2,1-2H3. The molecule has 0 bridgehead atoms. The van der Waals surface area contributed by atoms with E-state index in [0.29, 0.717) is 23.6 Å². The van der Waals surface area contributed by atoms with E-state index in [1.54, 1.807) is 6.07 Å². The number of aromatic nitrogens is 1. The molecule has 0 N–H and O–H groups in total. The van der Waals surface area contributed by atoms with Crippen LogP contribution in [0.15, 0.2) is 53.5 Å². The third-order valence-corrected chi connectivity index (χ3v) is 6.31. The Balaban J connectivity index is 1.70. The van der Waals surface area contributed by atoms with Crippen LogP contribution in [0.2, 0.25) is 0 Å². The lowest BCUT2D eigenvalue weighted by Crippen LogP contribution is -2.62. The van der Waals surface area contributed by atoms with Gasteiger partial charge in [-0.1, -0.05) is 20.4 Å². The Hall–Kier alpha value is -3.64. The van der Waals surface area contributed by atoms with Crippen LogP contribution in [0.1, 0.15) is 38.1 Å². The molecule has 0 aliphatic rings. The van der Waals surface area contributed by atoms with Gasteiger partial charge in [-0.2, -0.15) is 35.1 Å². The minimum Gasteiger partial charge on any atom is -0.493 e. The van der Waals surface area contributed by atoms with Crippen LogP contribution < -0.4 is 4.74 Å². The van der Waals surface area contributed by atoms with E-state index in [2.05, 4.69) is 16.3 Å². The number of ether oxygens (including phenoxy) is 2. The molecule has 41 heavy (non-hydrogen) atoms. The van der Waals surface area contributed by atoms with E-state index in [1.165, 1.54) is 18.2 Å². The van der Waals surface area contributed by atoms with E-state index in [9.17, 15) is 39.9 Å². The predicted molar refractivity (Wildman–Crippen MR) is 134 cm³/mol. The number of aryl methyl sites for hydroxylation is 2. The number of nitrogens with zero attached hydrogens (tertiary/aromatic N) is 1. The van der Waals surface area contributed by atoms with Gasteiger partial charge in [-0.25, -0.2) is 4.79 Å². The maximum Gasteiger partial charge on any atom is 0.378 e. The maximum absolute atomic E-state index is 14.2. The first-order chi connectivity index (χ1) is 19.1. The van der Waals surface area contributed by atoms with E-state index < -0.39 is 55.7 Å². The number of carbonyl (C=O) groups is 1. The van der Waals surface area contributed by atoms with Gasteiger partial charge in [0.1, 0.15) is 17.1 Å². The molecule has 0 saturated heterocycles. The van der Waals surface area contributed by atoms with Crippen LogP contribution in [-0.4, -0.2) is 47.9 Å². The Morgan fingerprint density at radius 3 is 2.12 bits per heavy atom. The smallest absolute Gasteiger partial charge is 0.378 e. The first-order valence-electron chi connectivity index (χ1n) is 12.6. The summed E-state index contributed by atoms with van der Waals surface area (Å²) in [4.78, 5) is 15.4. The fourth-order valence-electron chi connectivity index (χ4n) is 3.88. The third-order valence-electron chi connectivity index (χ3n) is 6.31. The number of furan rings is 1. The van der Waals surface area contributed by atoms with Crippen molar-refractivity contribution in [1.29, 1.82) is 0 Å². The van der Waals surface area contributed by atoms with E-state index in [0.717, 1.165) is 23.4 Å². The van der Waals surface area contributed by atoms with Crippen molar-refractivity contribution in [3.05, 3.63) is 60.4 Å². The molecule has 0 aliphatic carbocycles. The van der Waals surface area contributed by atoms with Gasteiger partial charge in [-0.3, -0.25) is 4.98 Å². The molecular formula is C28H27F8NO4. The summed E-state index contributed by atoms with van der Waals surface area (Å²) in [6, 6.07) is 9.55. The second kappa shape index (κ2) is 12.1. The second-order valence-corrected chi connectivity index (χ2v) is 9.09. The normalized spacial score (nSPS) is 12.9. The number of alkyl halides is 8. The number of halogens is 8. The van der Waals surface area contributed by atoms with Gasteiger partial charge in [0.25, 0.3) is 0 Å². The first-order valence-corrected chi connectivity index (χ1v) is 12.6. The van der Waals surface area contributed by atoms with E-state index >= 15 is 0 Å². The molecule has 5 nitrogen and oxygen atoms in total. The molecule has 3 aromatic rings. The van der Waals surface area contributed by atoms with Crippen molar-refractivity contribution < 1.29 is 53.8 Å². The Labute approximate surface area is 230 Å². The van der Waals surface area contributed by atoms with Crippen LogP contribution in [0, 0.1) is 0 Å². The summed E-state index contributed by atoms with van der Waals surface area (Å²) in [5, 5.41) is 0.603. The number of esters is 1. The molecular weight excluding hydrogens is 566 g/mol. The quantitative estimate of drug-likeness (QED) is 0.108. The number of benzene rings is 1. The zero-order valence-electron chi connectivity index (χ0n) is 22.1. The van der Waals surface area contributed by atoms with Crippen LogP contribution in [0.4, 0.5) is 35.1 Å². The van der Waals surface area contributed by atoms with Crippen LogP contribution in [0.5, 0.6) is 5.75 Å². The molecule has 1 aromatic carbocycles. The average Bonchev–Trinajstić information content (AvgIpc) is 3.35. The molecule has 0 spiro atoms. The Bertz CT molecular complexity index is 1390. The van der Waals surface area contributed by atoms with Gasteiger partial charge in [0, 0.05) is 28.8 Å². The molecule has 0 amide bonds. The van der Waals surface area contributed by atoms with Crippen LogP contribution in [0.3, 0.4) is 0 Å². The highest BCUT2D eigenvalue weighted by molar-refractivity contribution is 5.84. The summed E-state index contributed by atoms with van der Waals surface area (Å²) >= 11 is 0. The predicted octanol–water partition coefficient (Wildman–Crippen LogP) is 8.05. The zero-order valence-corrected chi connectivity index (χ0v) is 22.1. The molecule has 2 aromatic heterocycles. The summed E-state index contributed by atoms with van der Waals surface area (Å²) in [5.41, 5.74) is 2.69. The van der Waals surface area contributed by atoms with Crippen molar-refractivity contribution in [3.8, 4) is 17.1 Å². The van der Waals surface area contributed by atoms with Gasteiger partial charge in [-0.05, 0) is 43.2 Å². The van der Waals surface area contributed by atoms with Crippen LogP contribution in [-0.2, 0) is 22.4 Å². The van der Waals surface area contributed by atoms with Crippen molar-refractivity contribution >= 4 is 16.9 Å². The average molecular weight is 594 g/mol. The summed E-state index contributed by atoms with van der Waals surface area (Å²) in [5.74, 6) is -25.1. The molecule has 0 atom stereocenters. The zero-order chi connectivity index (χ0) is 30.6. The number of hydrogen-bond acceptors (Lipinski definition) is 5. The minimum absolute atomic E-state index is 0.103. The minimum atomic E-state index is -6.48. The number of carbonyl (C=O) groups excluding carboxylic acids is 1. The molecule has 0 radical (unpaired) electrons. The van der Waals surface area contributed by atoms with Gasteiger partial charge in [-0.15, -0.1) is 0 Å². The summed E-state index contributed by atoms with van der Waals surface area (Å²) < 4.78 is 128. The van der Waals surface area contributed by atoms with Crippen LogP contribution >= 0.6 is 0 Å². The molecule has 3 rings (SSSR count). The second-order valence-electron chi connectivity index (χ2n) is 9.09. The monoisotopic (exact) mass is 593 g/mol. The highest BCUT2D eigenvalue weighted by Crippen LogP contribution is 2.54. The fraction of sp³-hybridized carbons (Fsp3) is 0.429. The Morgan fingerprint density at radius 2 is 1.54 bits per heavy atom. The Morgan fingerprint density at radius 1 is 0.902 bits per heavy atom. The molecule has 0 unspecified atom stereocenters. The van der Waals surface area contributed by atoms with Crippen molar-refractivity contribution in [2.24, 2.45) is 0 Å². The topological polar surface area (TPSA) is 61.6 Å². The summed E-state index contributed by atoms with van der Waals surface area (Å²) in [6.07, 6.45) is -2.24. The lowest BCUT2D eigenvalue weighted by atomic mass is 9.95. The first kappa shape index (κ1) is 31.9. The number of fused-ring (bicyclic) bond motifs is 1. The molecule has 0 saturated carbocycles. The molecule has 13 heteroatoms. The van der Waals surface area contributed by atoms with E-state index in [1.807, 2.05) is 26.0 Å². The summed E-state index contributed by atoms with van der Waals surface area (Å²) in [6.45, 7) is 4.21. The highest BCUT2D eigenvalue weighted by atomic mass is 19.4. The number of pyridine rings is 1. The number of hydrogen-bond donors (Lipinski definition) is 0. The van der Waals surface area contributed by atoms with E-state index in [4.69, 9.17) is 9.15 Å². The highest BCUT2D eigenvalue weighted by Gasteiger charge is 2.79. The van der Waals surface area contributed by atoms with Gasteiger partial charge >= 0.3 is 29.7 Å². The van der Waals surface area contributed by atoms with Gasteiger partial charge < -0.3 is 13.9 Å². The van der Waals surface area contributed by atoms with Crippen molar-refractivity contribution in [1.82, 2.24) is 4.98 Å². The van der Waals surface area contributed by atoms with Crippen LogP contribution in [0.25, 0.3) is 22.3 Å². The SMILES string of the molecule is C=CC(=O)OCCC(F)(F)C(F)(F)C(F)(F)C(F)(F)CCOc1ccc2cc(-c3ccc(CC)nc3CC)oc2c1. The lowest BCUT2D eigenvalue weighted by molar-refractivity contribution is -0.368. The van der Waals surface area contributed by atoms with Gasteiger partial charge in [0.2, 0.25) is 0 Å². The lowest BCUT2D eigenvalue weighted by Gasteiger charge is -2.36. The van der Waals surface area contributed by atoms with Gasteiger partial charge in [0.15, 0.2) is 0 Å². The maximum atomic E-state index is 14.2. The summed E-state index contributed by atoms with van der Waals surface area (Å²) in [7, 11) is 0. The van der Waals surface area contributed by atoms with Crippen molar-refractivity contribution in [2.45, 2.75) is 63.2 Å². The van der Waals surface area contributed by atoms with E-state index in [-0.39, 0.29) is 11.3 Å². The molecule has 0 aliphatic heterocycles. The molecule has 2 heterocycles. The molecule has 0 fully saturated rings. The largest absolute Gasteiger partial charge is 0.493 e.